The molecule has 1 fully saturated rings. The van der Waals surface area contributed by atoms with E-state index in [-0.39, 0.29) is 6.10 Å². The predicted molar refractivity (Wildman–Crippen MR) is 39.9 cm³/mol. The molecule has 0 amide bonds. The Morgan fingerprint density at radius 3 is 2.70 bits per heavy atom. The molecule has 1 heterocycles. The Labute approximate surface area is 60.9 Å². The molecule has 1 saturated heterocycles. The average molecular weight is 159 g/mol. The van der Waals surface area contributed by atoms with Crippen LogP contribution in [0, 0.1) is 12.3 Å². The summed E-state index contributed by atoms with van der Waals surface area (Å²) in [7, 11) is -0.768. The molecule has 0 N–H and O–H groups in total. The Morgan fingerprint density at radius 1 is 1.90 bits per heavy atom. The van der Waals surface area contributed by atoms with Crippen LogP contribution in [0.2, 0.25) is 0 Å². The Morgan fingerprint density at radius 2 is 2.50 bits per heavy atom. The molecule has 1 rings (SSSR count). The van der Waals surface area contributed by atoms with Crippen molar-refractivity contribution >= 4 is 7.52 Å². The number of likely N-dealkylation sites (N-methyl/N-ethyl adjacent to an activating group) is 1. The topological polar surface area (TPSA) is 29.5 Å². The Bertz CT molecular complexity index is 220. The molecule has 0 spiro atoms. The molecular weight excluding hydrogens is 149 g/mol. The van der Waals surface area contributed by atoms with Gasteiger partial charge in [-0.1, -0.05) is 5.92 Å². The fourth-order valence-corrected chi connectivity index (χ4v) is 2.03. The van der Waals surface area contributed by atoms with Crippen LogP contribution in [-0.2, 0) is 9.09 Å². The van der Waals surface area contributed by atoms with Crippen LogP contribution in [0.4, 0.5) is 0 Å². The highest BCUT2D eigenvalue weighted by molar-refractivity contribution is 7.55. The molecule has 0 saturated carbocycles. The monoisotopic (exact) mass is 159 g/mol. The van der Waals surface area contributed by atoms with Crippen molar-refractivity contribution < 1.29 is 9.09 Å². The normalized spacial score (nSPS) is 41.5. The molecule has 0 aliphatic carbocycles. The van der Waals surface area contributed by atoms with Crippen LogP contribution in [0.5, 0.6) is 0 Å². The maximum absolute atomic E-state index is 11.3. The van der Waals surface area contributed by atoms with Crippen LogP contribution in [0.1, 0.15) is 0 Å². The first kappa shape index (κ1) is 7.81. The van der Waals surface area contributed by atoms with Gasteiger partial charge in [-0.25, -0.2) is 4.67 Å². The van der Waals surface area contributed by atoms with Gasteiger partial charge in [0.25, 0.3) is 7.52 Å². The summed E-state index contributed by atoms with van der Waals surface area (Å²) in [6, 6.07) is 0. The lowest BCUT2D eigenvalue weighted by Gasteiger charge is -2.10. The van der Waals surface area contributed by atoms with Crippen molar-refractivity contribution in [2.24, 2.45) is 0 Å². The number of rotatable bonds is 0. The molecule has 2 atom stereocenters. The van der Waals surface area contributed by atoms with Crippen molar-refractivity contribution in [3.63, 3.8) is 0 Å². The molecule has 56 valence electrons. The maximum atomic E-state index is 11.3. The summed E-state index contributed by atoms with van der Waals surface area (Å²) in [4.78, 5) is 0. The zero-order valence-electron chi connectivity index (χ0n) is 6.07. The number of hydrogen-bond acceptors (Lipinski definition) is 2. The molecular formula is C6H10NO2P. The summed E-state index contributed by atoms with van der Waals surface area (Å²) in [5.41, 5.74) is 0. The fourth-order valence-electron chi connectivity index (χ4n) is 0.821. The second kappa shape index (κ2) is 2.39. The van der Waals surface area contributed by atoms with Crippen molar-refractivity contribution in [1.29, 1.82) is 0 Å². The van der Waals surface area contributed by atoms with Crippen LogP contribution in [0.15, 0.2) is 0 Å². The van der Waals surface area contributed by atoms with Gasteiger partial charge in [0, 0.05) is 13.2 Å². The highest BCUT2D eigenvalue weighted by Gasteiger charge is 2.34. The maximum Gasteiger partial charge on any atom is 0.270 e. The highest BCUT2D eigenvalue weighted by atomic mass is 31.2. The largest absolute Gasteiger partial charge is 0.300 e. The molecule has 0 bridgehead atoms. The van der Waals surface area contributed by atoms with E-state index in [1.807, 2.05) is 0 Å². The fraction of sp³-hybridized carbons (Fsp3) is 0.667. The summed E-state index contributed by atoms with van der Waals surface area (Å²) in [5.74, 6) is 2.41. The van der Waals surface area contributed by atoms with E-state index in [1.54, 1.807) is 18.4 Å². The van der Waals surface area contributed by atoms with Gasteiger partial charge >= 0.3 is 0 Å². The first-order chi connectivity index (χ1) is 4.56. The predicted octanol–water partition coefficient (Wildman–Crippen LogP) is 0.773. The van der Waals surface area contributed by atoms with E-state index in [0.717, 1.165) is 0 Å². The van der Waals surface area contributed by atoms with E-state index >= 15 is 0 Å². The zero-order valence-corrected chi connectivity index (χ0v) is 6.97. The second-order valence-corrected chi connectivity index (χ2v) is 4.90. The van der Waals surface area contributed by atoms with Crippen molar-refractivity contribution in [2.45, 2.75) is 6.10 Å². The quantitative estimate of drug-likeness (QED) is 0.386. The lowest BCUT2D eigenvalue weighted by molar-refractivity contribution is 0.303. The number of nitrogens with zero attached hydrogens (tertiary/aromatic N) is 1. The highest BCUT2D eigenvalue weighted by Crippen LogP contribution is 2.51. The van der Waals surface area contributed by atoms with E-state index in [1.165, 1.54) is 0 Å². The molecule has 1 aliphatic rings. The molecule has 4 heteroatoms. The van der Waals surface area contributed by atoms with Crippen molar-refractivity contribution in [1.82, 2.24) is 4.67 Å². The summed E-state index contributed by atoms with van der Waals surface area (Å²) >= 11 is 0. The van der Waals surface area contributed by atoms with Crippen LogP contribution < -0.4 is 0 Å². The average Bonchev–Trinajstić information content (AvgIpc) is 2.08. The molecule has 3 nitrogen and oxygen atoms in total. The van der Waals surface area contributed by atoms with Gasteiger partial charge in [0.05, 0.1) is 0 Å². The molecule has 0 aromatic carbocycles. The van der Waals surface area contributed by atoms with Gasteiger partial charge in [-0.2, -0.15) is 0 Å². The van der Waals surface area contributed by atoms with E-state index < -0.39 is 7.52 Å². The van der Waals surface area contributed by atoms with Gasteiger partial charge in [-0.3, -0.25) is 9.09 Å². The third kappa shape index (κ3) is 1.24. The minimum atomic E-state index is -2.52. The summed E-state index contributed by atoms with van der Waals surface area (Å²) in [6.07, 6.45) is 4.80. The van der Waals surface area contributed by atoms with Gasteiger partial charge in [0.15, 0.2) is 0 Å². The summed E-state index contributed by atoms with van der Waals surface area (Å²) in [5, 5.41) is 0. The minimum absolute atomic E-state index is 0.291. The second-order valence-electron chi connectivity index (χ2n) is 2.40. The Kier molecular flexibility index (Phi) is 1.87. The van der Waals surface area contributed by atoms with E-state index in [2.05, 4.69) is 5.92 Å². The van der Waals surface area contributed by atoms with Gasteiger partial charge < -0.3 is 0 Å². The van der Waals surface area contributed by atoms with E-state index in [9.17, 15) is 4.57 Å². The SMILES string of the molecule is C#CC1CN(C)P(C)(=O)O1. The standard InChI is InChI=1S/C6H10NO2P/c1-4-6-5-7(2)10(3,8)9-6/h1,6H,5H2,2-3H3. The van der Waals surface area contributed by atoms with E-state index in [0.29, 0.717) is 6.54 Å². The van der Waals surface area contributed by atoms with E-state index in [4.69, 9.17) is 10.9 Å². The first-order valence-electron chi connectivity index (χ1n) is 3.00. The molecule has 2 unspecified atom stereocenters. The molecule has 0 radical (unpaired) electrons. The van der Waals surface area contributed by atoms with Crippen LogP contribution in [0.3, 0.4) is 0 Å². The molecule has 1 aliphatic heterocycles. The van der Waals surface area contributed by atoms with Crippen molar-refractivity contribution in [3.8, 4) is 12.3 Å². The van der Waals surface area contributed by atoms with Crippen molar-refractivity contribution in [2.75, 3.05) is 20.3 Å². The third-order valence-corrected chi connectivity index (χ3v) is 3.61. The van der Waals surface area contributed by atoms with Gasteiger partial charge in [-0.05, 0) is 7.05 Å². The van der Waals surface area contributed by atoms with Gasteiger partial charge in [-0.15, -0.1) is 6.42 Å². The zero-order chi connectivity index (χ0) is 7.78. The minimum Gasteiger partial charge on any atom is -0.300 e. The van der Waals surface area contributed by atoms with Gasteiger partial charge in [0.1, 0.15) is 6.10 Å². The third-order valence-electron chi connectivity index (χ3n) is 1.56. The first-order valence-corrected chi connectivity index (χ1v) is 5.02. The lowest BCUT2D eigenvalue weighted by atomic mass is 10.4. The van der Waals surface area contributed by atoms with Crippen LogP contribution in [0.25, 0.3) is 0 Å². The number of hydrogen-bond donors (Lipinski definition) is 0. The summed E-state index contributed by atoms with van der Waals surface area (Å²) < 4.78 is 18.0. The number of terminal acetylenes is 1. The van der Waals surface area contributed by atoms with Crippen molar-refractivity contribution in [3.05, 3.63) is 0 Å². The molecule has 0 aromatic heterocycles. The Balaban J connectivity index is 2.73. The van der Waals surface area contributed by atoms with Crippen LogP contribution >= 0.6 is 7.52 Å². The Hall–Kier alpha value is -0.290. The van der Waals surface area contributed by atoms with Crippen LogP contribution in [-0.4, -0.2) is 31.0 Å². The smallest absolute Gasteiger partial charge is 0.270 e. The molecule has 10 heavy (non-hydrogen) atoms. The molecule has 0 aromatic rings. The lowest BCUT2D eigenvalue weighted by Crippen LogP contribution is -2.13. The summed E-state index contributed by atoms with van der Waals surface area (Å²) in [6.45, 7) is 2.15. The van der Waals surface area contributed by atoms with Gasteiger partial charge in [0.2, 0.25) is 0 Å².